The van der Waals surface area contributed by atoms with Crippen LogP contribution in [-0.4, -0.2) is 21.8 Å². The summed E-state index contributed by atoms with van der Waals surface area (Å²) in [5, 5.41) is 0. The quantitative estimate of drug-likeness (QED) is 0.512. The molecule has 8 heteroatoms. The van der Waals surface area contributed by atoms with E-state index in [1.165, 1.54) is 31.4 Å². The normalized spacial score (nSPS) is 11.0. The molecule has 0 aliphatic heterocycles. The van der Waals surface area contributed by atoms with Gasteiger partial charge in [0.1, 0.15) is 11.2 Å². The molecule has 0 saturated carbocycles. The first kappa shape index (κ1) is 17.0. The Bertz CT molecular complexity index is 818. The van der Waals surface area contributed by atoms with Crippen molar-refractivity contribution < 1.29 is 22.1 Å². The van der Waals surface area contributed by atoms with Crippen LogP contribution in [0.15, 0.2) is 50.2 Å². The van der Waals surface area contributed by atoms with E-state index >= 15 is 0 Å². The topological polar surface area (TPSA) is 69.7 Å². The number of benzene rings is 2. The molecule has 0 bridgehead atoms. The largest absolute Gasteiger partial charge is 0.493 e. The number of carbonyl (C=O) groups excluding carboxylic acids is 1. The second-order valence-corrected chi connectivity index (χ2v) is 7.46. The van der Waals surface area contributed by atoms with Gasteiger partial charge in [-0.15, -0.1) is 0 Å². The molecule has 0 N–H and O–H groups in total. The molecule has 0 unspecified atom stereocenters. The van der Waals surface area contributed by atoms with Crippen LogP contribution in [0.3, 0.4) is 0 Å². The summed E-state index contributed by atoms with van der Waals surface area (Å²) in [4.78, 5) is 10.8. The fourth-order valence-electron chi connectivity index (χ4n) is 1.67. The smallest absolute Gasteiger partial charge is 0.339 e. The van der Waals surface area contributed by atoms with Crippen LogP contribution in [0.5, 0.6) is 11.5 Å². The van der Waals surface area contributed by atoms with Crippen molar-refractivity contribution in [2.75, 3.05) is 7.11 Å². The van der Waals surface area contributed by atoms with E-state index in [1.807, 2.05) is 0 Å². The minimum Gasteiger partial charge on any atom is -0.493 e. The maximum absolute atomic E-state index is 12.3. The van der Waals surface area contributed by atoms with E-state index in [0.29, 0.717) is 20.8 Å². The third-order valence-corrected chi connectivity index (χ3v) is 4.97. The van der Waals surface area contributed by atoms with Crippen LogP contribution in [0.1, 0.15) is 10.4 Å². The molecular formula is C14H10Br2O5S. The molecule has 0 saturated heterocycles. The van der Waals surface area contributed by atoms with E-state index in [2.05, 4.69) is 31.9 Å². The van der Waals surface area contributed by atoms with E-state index in [4.69, 9.17) is 8.92 Å². The number of hydrogen-bond acceptors (Lipinski definition) is 5. The van der Waals surface area contributed by atoms with Crippen molar-refractivity contribution in [3.8, 4) is 11.5 Å². The molecule has 0 aliphatic rings. The number of ether oxygens (including phenoxy) is 1. The zero-order valence-electron chi connectivity index (χ0n) is 11.2. The van der Waals surface area contributed by atoms with Crippen LogP contribution < -0.4 is 8.92 Å². The standard InChI is InChI=1S/C14H10Br2O5S/c1-20-13-6-9(8-17)5-12(16)14(13)21-22(18,19)11-4-2-3-10(15)7-11/h2-8H,1H3. The monoisotopic (exact) mass is 448 g/mol. The van der Waals surface area contributed by atoms with Crippen LogP contribution in [0.4, 0.5) is 0 Å². The zero-order chi connectivity index (χ0) is 16.3. The van der Waals surface area contributed by atoms with Gasteiger partial charge >= 0.3 is 10.1 Å². The average molecular weight is 450 g/mol. The molecule has 0 amide bonds. The van der Waals surface area contributed by atoms with Gasteiger partial charge in [-0.05, 0) is 46.3 Å². The second-order valence-electron chi connectivity index (χ2n) is 4.15. The first-order chi connectivity index (χ1) is 10.4. The molecule has 0 aromatic heterocycles. The molecule has 0 radical (unpaired) electrons. The highest BCUT2D eigenvalue weighted by Gasteiger charge is 2.22. The summed E-state index contributed by atoms with van der Waals surface area (Å²) in [6.45, 7) is 0. The van der Waals surface area contributed by atoms with Gasteiger partial charge in [-0.1, -0.05) is 22.0 Å². The van der Waals surface area contributed by atoms with Gasteiger partial charge in [0.05, 0.1) is 11.6 Å². The first-order valence-corrected chi connectivity index (χ1v) is 8.89. The molecule has 0 heterocycles. The van der Waals surface area contributed by atoms with Gasteiger partial charge in [0, 0.05) is 10.0 Å². The highest BCUT2D eigenvalue weighted by atomic mass is 79.9. The predicted octanol–water partition coefficient (Wildman–Crippen LogP) is 3.80. The molecule has 0 fully saturated rings. The van der Waals surface area contributed by atoms with E-state index in [0.717, 1.165) is 0 Å². The van der Waals surface area contributed by atoms with E-state index in [1.54, 1.807) is 12.1 Å². The SMILES string of the molecule is COc1cc(C=O)cc(Br)c1OS(=O)(=O)c1cccc(Br)c1. The summed E-state index contributed by atoms with van der Waals surface area (Å²) in [5.41, 5.74) is 0.330. The van der Waals surface area contributed by atoms with Gasteiger partial charge < -0.3 is 8.92 Å². The Morgan fingerprint density at radius 1 is 1.14 bits per heavy atom. The Labute approximate surface area is 144 Å². The summed E-state index contributed by atoms with van der Waals surface area (Å²) < 4.78 is 35.8. The van der Waals surface area contributed by atoms with Crippen LogP contribution in [-0.2, 0) is 10.1 Å². The highest BCUT2D eigenvalue weighted by Crippen LogP contribution is 2.38. The van der Waals surface area contributed by atoms with Crippen LogP contribution in [0, 0.1) is 0 Å². The Balaban J connectivity index is 2.48. The first-order valence-electron chi connectivity index (χ1n) is 5.90. The van der Waals surface area contributed by atoms with Gasteiger partial charge in [-0.25, -0.2) is 0 Å². The Hall–Kier alpha value is -1.38. The maximum atomic E-state index is 12.3. The van der Waals surface area contributed by atoms with Gasteiger partial charge in [0.2, 0.25) is 0 Å². The molecule has 2 aromatic carbocycles. The van der Waals surface area contributed by atoms with Crippen molar-refractivity contribution in [3.05, 3.63) is 50.9 Å². The fraction of sp³-hybridized carbons (Fsp3) is 0.0714. The lowest BCUT2D eigenvalue weighted by atomic mass is 10.2. The molecule has 5 nitrogen and oxygen atoms in total. The lowest BCUT2D eigenvalue weighted by molar-refractivity contribution is 0.112. The van der Waals surface area contributed by atoms with Crippen LogP contribution in [0.25, 0.3) is 0 Å². The lowest BCUT2D eigenvalue weighted by Crippen LogP contribution is -2.11. The van der Waals surface area contributed by atoms with Crippen LogP contribution >= 0.6 is 31.9 Å². The molecule has 0 atom stereocenters. The van der Waals surface area contributed by atoms with Gasteiger partial charge in [-0.2, -0.15) is 8.42 Å². The summed E-state index contributed by atoms with van der Waals surface area (Å²) in [7, 11) is -2.68. The molecule has 0 aliphatic carbocycles. The number of hydrogen-bond donors (Lipinski definition) is 0. The number of carbonyl (C=O) groups is 1. The van der Waals surface area contributed by atoms with E-state index < -0.39 is 10.1 Å². The third kappa shape index (κ3) is 3.68. The van der Waals surface area contributed by atoms with E-state index in [-0.39, 0.29) is 16.4 Å². The van der Waals surface area contributed by atoms with Crippen molar-refractivity contribution in [3.63, 3.8) is 0 Å². The summed E-state index contributed by atoms with van der Waals surface area (Å²) in [6.07, 6.45) is 0.625. The summed E-state index contributed by atoms with van der Waals surface area (Å²) in [5.74, 6) is 0.114. The summed E-state index contributed by atoms with van der Waals surface area (Å²) in [6, 6.07) is 8.97. The fourth-order valence-corrected chi connectivity index (χ4v) is 3.87. The molecular weight excluding hydrogens is 440 g/mol. The van der Waals surface area contributed by atoms with Crippen molar-refractivity contribution in [1.29, 1.82) is 0 Å². The number of halogens is 2. The van der Waals surface area contributed by atoms with Gasteiger partial charge in [0.25, 0.3) is 0 Å². The molecule has 22 heavy (non-hydrogen) atoms. The van der Waals surface area contributed by atoms with Crippen molar-refractivity contribution in [1.82, 2.24) is 0 Å². The van der Waals surface area contributed by atoms with Crippen molar-refractivity contribution >= 4 is 48.3 Å². The molecule has 0 spiro atoms. The predicted molar refractivity (Wildman–Crippen MR) is 88.0 cm³/mol. The third-order valence-electron chi connectivity index (χ3n) is 2.67. The average Bonchev–Trinajstić information content (AvgIpc) is 2.49. The van der Waals surface area contributed by atoms with Crippen LogP contribution in [0.2, 0.25) is 0 Å². The Kier molecular flexibility index (Phi) is 5.25. The number of methoxy groups -OCH3 is 1. The molecule has 2 aromatic rings. The molecule has 2 rings (SSSR count). The van der Waals surface area contributed by atoms with Gasteiger partial charge in [0.15, 0.2) is 11.5 Å². The second kappa shape index (κ2) is 6.80. The lowest BCUT2D eigenvalue weighted by Gasteiger charge is -2.13. The summed E-state index contributed by atoms with van der Waals surface area (Å²) >= 11 is 6.39. The van der Waals surface area contributed by atoms with E-state index in [9.17, 15) is 13.2 Å². The number of rotatable bonds is 5. The zero-order valence-corrected chi connectivity index (χ0v) is 15.2. The minimum atomic E-state index is -4.04. The Morgan fingerprint density at radius 2 is 1.86 bits per heavy atom. The van der Waals surface area contributed by atoms with Gasteiger partial charge in [-0.3, -0.25) is 4.79 Å². The van der Waals surface area contributed by atoms with Crippen molar-refractivity contribution in [2.24, 2.45) is 0 Å². The highest BCUT2D eigenvalue weighted by molar-refractivity contribution is 9.10. The Morgan fingerprint density at radius 3 is 2.45 bits per heavy atom. The molecule has 116 valence electrons. The van der Waals surface area contributed by atoms with Crippen molar-refractivity contribution in [2.45, 2.75) is 4.90 Å². The maximum Gasteiger partial charge on any atom is 0.339 e. The number of aldehydes is 1. The minimum absolute atomic E-state index is 0.00436.